The van der Waals surface area contributed by atoms with Gasteiger partial charge in [0.25, 0.3) is 0 Å². The van der Waals surface area contributed by atoms with Gasteiger partial charge < -0.3 is 20.7 Å². The lowest BCUT2D eigenvalue weighted by atomic mass is 10.0. The van der Waals surface area contributed by atoms with Crippen LogP contribution in [0.1, 0.15) is 39.2 Å². The zero-order valence-electron chi connectivity index (χ0n) is 14.6. The topological polar surface area (TPSA) is 79.5 Å². The average molecular weight is 331 g/mol. The lowest BCUT2D eigenvalue weighted by Crippen LogP contribution is -2.50. The van der Waals surface area contributed by atoms with Crippen molar-refractivity contribution in [3.8, 4) is 0 Å². The van der Waals surface area contributed by atoms with Gasteiger partial charge in [-0.2, -0.15) is 0 Å². The molecule has 0 radical (unpaired) electrons. The van der Waals surface area contributed by atoms with Gasteiger partial charge in [0.15, 0.2) is 0 Å². The van der Waals surface area contributed by atoms with Gasteiger partial charge in [0.05, 0.1) is 30.5 Å². The van der Waals surface area contributed by atoms with Gasteiger partial charge >= 0.3 is 12.0 Å². The molecule has 0 spiro atoms. The molecule has 6 heteroatoms. The first kappa shape index (κ1) is 17.8. The second kappa shape index (κ2) is 7.86. The number of anilines is 1. The molecule has 0 saturated heterocycles. The average Bonchev–Trinajstić information content (AvgIpc) is 2.52. The molecule has 0 saturated carbocycles. The lowest BCUT2D eigenvalue weighted by molar-refractivity contribution is -0.138. The van der Waals surface area contributed by atoms with E-state index in [2.05, 4.69) is 41.9 Å². The van der Waals surface area contributed by atoms with Crippen molar-refractivity contribution in [3.63, 3.8) is 0 Å². The summed E-state index contributed by atoms with van der Waals surface area (Å²) in [4.78, 5) is 23.9. The number of urea groups is 1. The molecule has 0 bridgehead atoms. The molecular weight excluding hydrogens is 306 g/mol. The van der Waals surface area contributed by atoms with E-state index in [1.54, 1.807) is 13.8 Å². The van der Waals surface area contributed by atoms with Crippen molar-refractivity contribution in [2.45, 2.75) is 39.7 Å². The molecule has 1 aliphatic heterocycles. The van der Waals surface area contributed by atoms with E-state index in [0.29, 0.717) is 30.3 Å². The monoisotopic (exact) mass is 331 g/mol. The molecule has 0 aliphatic carbocycles. The van der Waals surface area contributed by atoms with E-state index in [0.717, 1.165) is 5.69 Å². The molecule has 1 heterocycles. The summed E-state index contributed by atoms with van der Waals surface area (Å²) in [5, 5.41) is 8.62. The van der Waals surface area contributed by atoms with Crippen LogP contribution in [-0.4, -0.2) is 31.2 Å². The molecule has 1 aromatic rings. The zero-order valence-corrected chi connectivity index (χ0v) is 14.6. The van der Waals surface area contributed by atoms with Crippen LogP contribution in [0.15, 0.2) is 35.5 Å². The van der Waals surface area contributed by atoms with E-state index in [9.17, 15) is 9.59 Å². The maximum absolute atomic E-state index is 12.2. The zero-order chi connectivity index (χ0) is 17.7. The fraction of sp³-hybridized carbons (Fsp3) is 0.444. The first-order chi connectivity index (χ1) is 11.4. The molecule has 24 heavy (non-hydrogen) atoms. The lowest BCUT2D eigenvalue weighted by Gasteiger charge is -2.27. The van der Waals surface area contributed by atoms with Crippen LogP contribution in [0, 0.1) is 0 Å². The molecule has 2 rings (SSSR count). The Kier molecular flexibility index (Phi) is 5.84. The van der Waals surface area contributed by atoms with Crippen molar-refractivity contribution in [2.75, 3.05) is 18.5 Å². The molecule has 1 unspecified atom stereocenters. The highest BCUT2D eigenvalue weighted by atomic mass is 16.5. The number of hydrogen-bond acceptors (Lipinski definition) is 4. The number of amides is 2. The number of carbonyl (C=O) groups is 2. The van der Waals surface area contributed by atoms with Gasteiger partial charge in [0, 0.05) is 5.69 Å². The molecule has 130 valence electrons. The van der Waals surface area contributed by atoms with Gasteiger partial charge in [-0.15, -0.1) is 0 Å². The number of hydrogen-bond donors (Lipinski definition) is 3. The third kappa shape index (κ3) is 4.28. The third-order valence-corrected chi connectivity index (χ3v) is 3.91. The highest BCUT2D eigenvalue weighted by molar-refractivity contribution is 5.94. The minimum atomic E-state index is -0.413. The first-order valence-corrected chi connectivity index (χ1v) is 8.23. The Morgan fingerprint density at radius 3 is 2.54 bits per heavy atom. The van der Waals surface area contributed by atoms with E-state index in [4.69, 9.17) is 4.74 Å². The highest BCUT2D eigenvalue weighted by Crippen LogP contribution is 2.19. The standard InChI is InChI=1S/C18H25N3O3/c1-5-24-17(22)16-12(4)20-18(23)21-15(16)10-19-14-8-6-13(7-9-14)11(2)3/h6-9,11-12,19H,5,10H2,1-4H3,(H2,20,21,23). The molecule has 1 atom stereocenters. The van der Waals surface area contributed by atoms with E-state index < -0.39 is 12.0 Å². The Morgan fingerprint density at radius 2 is 1.96 bits per heavy atom. The molecule has 1 aliphatic rings. The van der Waals surface area contributed by atoms with Crippen LogP contribution in [0.4, 0.5) is 10.5 Å². The Morgan fingerprint density at radius 1 is 1.29 bits per heavy atom. The number of benzene rings is 1. The van der Waals surface area contributed by atoms with Crippen molar-refractivity contribution >= 4 is 17.7 Å². The fourth-order valence-corrected chi connectivity index (χ4v) is 2.60. The van der Waals surface area contributed by atoms with E-state index in [-0.39, 0.29) is 6.03 Å². The van der Waals surface area contributed by atoms with Gasteiger partial charge in [-0.3, -0.25) is 0 Å². The molecule has 0 aromatic heterocycles. The van der Waals surface area contributed by atoms with Crippen LogP contribution in [0.25, 0.3) is 0 Å². The van der Waals surface area contributed by atoms with Gasteiger partial charge in [-0.25, -0.2) is 9.59 Å². The number of carbonyl (C=O) groups excluding carboxylic acids is 2. The van der Waals surface area contributed by atoms with Crippen LogP contribution in [-0.2, 0) is 9.53 Å². The Bertz CT molecular complexity index is 635. The van der Waals surface area contributed by atoms with Crippen molar-refractivity contribution < 1.29 is 14.3 Å². The second-order valence-corrected chi connectivity index (χ2v) is 6.06. The summed E-state index contributed by atoms with van der Waals surface area (Å²) in [6.45, 7) is 8.44. The SMILES string of the molecule is CCOC(=O)C1=C(CNc2ccc(C(C)C)cc2)NC(=O)NC1C. The molecular formula is C18H25N3O3. The van der Waals surface area contributed by atoms with Gasteiger partial charge in [0.1, 0.15) is 0 Å². The minimum Gasteiger partial charge on any atom is -0.463 e. The summed E-state index contributed by atoms with van der Waals surface area (Å²) in [5.41, 5.74) is 3.17. The van der Waals surface area contributed by atoms with Crippen LogP contribution in [0.5, 0.6) is 0 Å². The highest BCUT2D eigenvalue weighted by Gasteiger charge is 2.29. The van der Waals surface area contributed by atoms with E-state index in [1.165, 1.54) is 5.56 Å². The van der Waals surface area contributed by atoms with Crippen LogP contribution < -0.4 is 16.0 Å². The van der Waals surface area contributed by atoms with Crippen LogP contribution in [0.2, 0.25) is 0 Å². The van der Waals surface area contributed by atoms with Crippen molar-refractivity contribution in [3.05, 3.63) is 41.1 Å². The normalized spacial score (nSPS) is 17.4. The maximum Gasteiger partial charge on any atom is 0.337 e. The summed E-state index contributed by atoms with van der Waals surface area (Å²) >= 11 is 0. The van der Waals surface area contributed by atoms with E-state index in [1.807, 2.05) is 12.1 Å². The smallest absolute Gasteiger partial charge is 0.337 e. The van der Waals surface area contributed by atoms with Crippen molar-refractivity contribution in [2.24, 2.45) is 0 Å². The first-order valence-electron chi connectivity index (χ1n) is 8.23. The summed E-state index contributed by atoms with van der Waals surface area (Å²) in [6, 6.07) is 7.41. The summed E-state index contributed by atoms with van der Waals surface area (Å²) in [5.74, 6) is 0.0613. The number of esters is 1. The van der Waals surface area contributed by atoms with Crippen LogP contribution >= 0.6 is 0 Å². The maximum atomic E-state index is 12.2. The summed E-state index contributed by atoms with van der Waals surface area (Å²) < 4.78 is 5.10. The van der Waals surface area contributed by atoms with Crippen LogP contribution in [0.3, 0.4) is 0 Å². The molecule has 3 N–H and O–H groups in total. The molecule has 6 nitrogen and oxygen atoms in total. The van der Waals surface area contributed by atoms with Crippen molar-refractivity contribution in [1.82, 2.24) is 10.6 Å². The largest absolute Gasteiger partial charge is 0.463 e. The summed E-state index contributed by atoms with van der Waals surface area (Å²) in [7, 11) is 0. The van der Waals surface area contributed by atoms with Gasteiger partial charge in [-0.05, 0) is 37.5 Å². The molecule has 2 amide bonds. The molecule has 0 fully saturated rings. The number of nitrogens with one attached hydrogen (secondary N) is 3. The summed E-state index contributed by atoms with van der Waals surface area (Å²) in [6.07, 6.45) is 0. The Labute approximate surface area is 142 Å². The Hall–Kier alpha value is -2.50. The molecule has 1 aromatic carbocycles. The second-order valence-electron chi connectivity index (χ2n) is 6.06. The predicted molar refractivity (Wildman–Crippen MR) is 93.8 cm³/mol. The fourth-order valence-electron chi connectivity index (χ4n) is 2.60. The number of ether oxygens (including phenoxy) is 1. The quantitative estimate of drug-likeness (QED) is 0.700. The van der Waals surface area contributed by atoms with Crippen molar-refractivity contribution in [1.29, 1.82) is 0 Å². The van der Waals surface area contributed by atoms with Gasteiger partial charge in [0.2, 0.25) is 0 Å². The van der Waals surface area contributed by atoms with E-state index >= 15 is 0 Å². The minimum absolute atomic E-state index is 0.292. The third-order valence-electron chi connectivity index (χ3n) is 3.91. The number of rotatable bonds is 6. The van der Waals surface area contributed by atoms with Gasteiger partial charge in [-0.1, -0.05) is 26.0 Å². The Balaban J connectivity index is 2.15. The predicted octanol–water partition coefficient (Wildman–Crippen LogP) is 2.74.